The number of aryl methyl sites for hydroxylation is 1. The molecule has 0 aliphatic carbocycles. The van der Waals surface area contributed by atoms with Gasteiger partial charge in [-0.3, -0.25) is 4.57 Å². The van der Waals surface area contributed by atoms with Crippen LogP contribution < -0.4 is 4.90 Å². The Morgan fingerprint density at radius 3 is 2.43 bits per heavy atom. The van der Waals surface area contributed by atoms with Crippen LogP contribution in [0, 0.1) is 6.92 Å². The van der Waals surface area contributed by atoms with Gasteiger partial charge in [-0.2, -0.15) is 0 Å². The van der Waals surface area contributed by atoms with E-state index in [2.05, 4.69) is 88.1 Å². The molecule has 0 radical (unpaired) electrons. The van der Waals surface area contributed by atoms with Gasteiger partial charge >= 0.3 is 0 Å². The summed E-state index contributed by atoms with van der Waals surface area (Å²) in [4.78, 5) is 2.27. The second kappa shape index (κ2) is 8.80. The van der Waals surface area contributed by atoms with E-state index in [4.69, 9.17) is 4.74 Å². The van der Waals surface area contributed by atoms with E-state index in [0.29, 0.717) is 5.25 Å². The minimum absolute atomic E-state index is 0.339. The molecule has 1 aromatic heterocycles. The van der Waals surface area contributed by atoms with Crippen LogP contribution in [0.3, 0.4) is 0 Å². The highest BCUT2D eigenvalue weighted by molar-refractivity contribution is 7.99. The van der Waals surface area contributed by atoms with Gasteiger partial charge in [0.25, 0.3) is 0 Å². The number of benzene rings is 2. The Morgan fingerprint density at radius 2 is 1.71 bits per heavy atom. The smallest absolute Gasteiger partial charge is 0.232 e. The first-order valence-corrected chi connectivity index (χ1v) is 10.7. The van der Waals surface area contributed by atoms with Crippen LogP contribution in [-0.4, -0.2) is 41.1 Å². The molecule has 6 heteroatoms. The van der Waals surface area contributed by atoms with Crippen LogP contribution in [0.25, 0.3) is 5.69 Å². The summed E-state index contributed by atoms with van der Waals surface area (Å²) in [6.45, 7) is 7.49. The number of hydrogen-bond donors (Lipinski definition) is 0. The SMILES string of the molecule is CCC(Sc1nnc(N2CCOCC2)n1-c1ccccc1C)c1ccccc1. The Balaban J connectivity index is 1.74. The highest BCUT2D eigenvalue weighted by Crippen LogP contribution is 2.39. The van der Waals surface area contributed by atoms with E-state index in [1.54, 1.807) is 11.8 Å². The van der Waals surface area contributed by atoms with Crippen molar-refractivity contribution < 1.29 is 4.74 Å². The average Bonchev–Trinajstić information content (AvgIpc) is 3.17. The number of ether oxygens (including phenoxy) is 1. The summed E-state index contributed by atoms with van der Waals surface area (Å²) in [7, 11) is 0. The van der Waals surface area contributed by atoms with Crippen LogP contribution in [0.2, 0.25) is 0 Å². The third kappa shape index (κ3) is 3.93. The molecule has 0 spiro atoms. The molecule has 1 unspecified atom stereocenters. The van der Waals surface area contributed by atoms with E-state index in [1.165, 1.54) is 11.1 Å². The summed E-state index contributed by atoms with van der Waals surface area (Å²) < 4.78 is 7.75. The lowest BCUT2D eigenvalue weighted by Gasteiger charge is -2.28. The number of anilines is 1. The quantitative estimate of drug-likeness (QED) is 0.569. The van der Waals surface area contributed by atoms with Crippen molar-refractivity contribution in [2.45, 2.75) is 30.7 Å². The number of morpholine rings is 1. The molecule has 1 aliphatic rings. The lowest BCUT2D eigenvalue weighted by atomic mass is 10.1. The van der Waals surface area contributed by atoms with Crippen molar-refractivity contribution in [3.8, 4) is 5.69 Å². The van der Waals surface area contributed by atoms with Gasteiger partial charge in [0, 0.05) is 18.3 Å². The van der Waals surface area contributed by atoms with Gasteiger partial charge in [-0.1, -0.05) is 67.2 Å². The van der Waals surface area contributed by atoms with Gasteiger partial charge in [0.15, 0.2) is 5.16 Å². The maximum absolute atomic E-state index is 5.53. The van der Waals surface area contributed by atoms with Gasteiger partial charge in [0.05, 0.1) is 18.9 Å². The minimum atomic E-state index is 0.339. The summed E-state index contributed by atoms with van der Waals surface area (Å²) in [5.41, 5.74) is 3.67. The molecule has 1 saturated heterocycles. The van der Waals surface area contributed by atoms with Crippen LogP contribution in [-0.2, 0) is 4.74 Å². The number of para-hydroxylation sites is 1. The van der Waals surface area contributed by atoms with Crippen molar-refractivity contribution >= 4 is 17.7 Å². The number of hydrogen-bond acceptors (Lipinski definition) is 5. The molecule has 1 fully saturated rings. The van der Waals surface area contributed by atoms with Crippen molar-refractivity contribution in [3.05, 3.63) is 65.7 Å². The molecular weight excluding hydrogens is 368 g/mol. The molecule has 1 atom stereocenters. The van der Waals surface area contributed by atoms with Gasteiger partial charge in [0.2, 0.25) is 5.95 Å². The molecule has 0 saturated carbocycles. The normalized spacial score (nSPS) is 15.6. The van der Waals surface area contributed by atoms with E-state index >= 15 is 0 Å². The predicted molar refractivity (Wildman–Crippen MR) is 114 cm³/mol. The first-order valence-electron chi connectivity index (χ1n) is 9.83. The highest BCUT2D eigenvalue weighted by atomic mass is 32.2. The summed E-state index contributed by atoms with van der Waals surface area (Å²) in [6, 6.07) is 19.1. The number of thioether (sulfide) groups is 1. The Hall–Kier alpha value is -2.31. The standard InChI is InChI=1S/C22H26N4OS/c1-3-20(18-10-5-4-6-11-18)28-22-24-23-21(25-13-15-27-16-14-25)26(22)19-12-8-7-9-17(19)2/h4-12,20H,3,13-16H2,1-2H3. The zero-order valence-corrected chi connectivity index (χ0v) is 17.2. The molecule has 0 amide bonds. The van der Waals surface area contributed by atoms with Crippen LogP contribution in [0.1, 0.15) is 29.7 Å². The largest absolute Gasteiger partial charge is 0.378 e. The monoisotopic (exact) mass is 394 g/mol. The van der Waals surface area contributed by atoms with E-state index in [0.717, 1.165) is 49.5 Å². The molecule has 5 nitrogen and oxygen atoms in total. The molecule has 0 bridgehead atoms. The van der Waals surface area contributed by atoms with E-state index in [-0.39, 0.29) is 0 Å². The van der Waals surface area contributed by atoms with Crippen LogP contribution in [0.5, 0.6) is 0 Å². The Kier molecular flexibility index (Phi) is 5.98. The van der Waals surface area contributed by atoms with Gasteiger partial charge in [-0.25, -0.2) is 0 Å². The van der Waals surface area contributed by atoms with Crippen molar-refractivity contribution in [1.29, 1.82) is 0 Å². The zero-order chi connectivity index (χ0) is 19.3. The van der Waals surface area contributed by atoms with E-state index < -0.39 is 0 Å². The summed E-state index contributed by atoms with van der Waals surface area (Å²) in [6.07, 6.45) is 1.03. The maximum Gasteiger partial charge on any atom is 0.232 e. The van der Waals surface area contributed by atoms with Crippen LogP contribution in [0.4, 0.5) is 5.95 Å². The highest BCUT2D eigenvalue weighted by Gasteiger charge is 2.24. The van der Waals surface area contributed by atoms with Gasteiger partial charge in [-0.15, -0.1) is 10.2 Å². The second-order valence-corrected chi connectivity index (χ2v) is 8.10. The Labute approximate surface area is 170 Å². The molecule has 2 heterocycles. The van der Waals surface area contributed by atoms with E-state index in [9.17, 15) is 0 Å². The molecular formula is C22H26N4OS. The van der Waals surface area contributed by atoms with Crippen molar-refractivity contribution in [3.63, 3.8) is 0 Å². The Bertz CT molecular complexity index is 906. The average molecular weight is 395 g/mol. The zero-order valence-electron chi connectivity index (χ0n) is 16.4. The third-order valence-corrected chi connectivity index (χ3v) is 6.42. The fourth-order valence-electron chi connectivity index (χ4n) is 3.51. The minimum Gasteiger partial charge on any atom is -0.378 e. The molecule has 0 N–H and O–H groups in total. The third-order valence-electron chi connectivity index (χ3n) is 5.06. The number of aromatic nitrogens is 3. The topological polar surface area (TPSA) is 43.2 Å². The van der Waals surface area contributed by atoms with Crippen LogP contribution in [0.15, 0.2) is 59.8 Å². The summed E-state index contributed by atoms with van der Waals surface area (Å²) in [5.74, 6) is 0.906. The second-order valence-electron chi connectivity index (χ2n) is 6.93. The van der Waals surface area contributed by atoms with Gasteiger partial charge in [0.1, 0.15) is 0 Å². The molecule has 28 heavy (non-hydrogen) atoms. The van der Waals surface area contributed by atoms with Crippen molar-refractivity contribution in [2.24, 2.45) is 0 Å². The molecule has 2 aromatic carbocycles. The fraction of sp³-hybridized carbons (Fsp3) is 0.364. The molecule has 146 valence electrons. The van der Waals surface area contributed by atoms with Gasteiger partial charge < -0.3 is 9.64 Å². The molecule has 3 aromatic rings. The van der Waals surface area contributed by atoms with Crippen molar-refractivity contribution in [2.75, 3.05) is 31.2 Å². The Morgan fingerprint density at radius 1 is 1.00 bits per heavy atom. The van der Waals surface area contributed by atoms with Gasteiger partial charge in [-0.05, 0) is 30.5 Å². The van der Waals surface area contributed by atoms with Crippen LogP contribution >= 0.6 is 11.8 Å². The van der Waals surface area contributed by atoms with E-state index in [1.807, 2.05) is 0 Å². The summed E-state index contributed by atoms with van der Waals surface area (Å²) >= 11 is 1.79. The lowest BCUT2D eigenvalue weighted by molar-refractivity contribution is 0.122. The summed E-state index contributed by atoms with van der Waals surface area (Å²) in [5, 5.41) is 10.5. The molecule has 1 aliphatic heterocycles. The number of nitrogens with zero attached hydrogens (tertiary/aromatic N) is 4. The maximum atomic E-state index is 5.53. The lowest BCUT2D eigenvalue weighted by Crippen LogP contribution is -2.38. The number of rotatable bonds is 6. The molecule has 4 rings (SSSR count). The van der Waals surface area contributed by atoms with Crippen molar-refractivity contribution in [1.82, 2.24) is 14.8 Å². The fourth-order valence-corrected chi connectivity index (χ4v) is 4.60. The first kappa shape index (κ1) is 19.0. The predicted octanol–water partition coefficient (Wildman–Crippen LogP) is 4.66. The first-order chi connectivity index (χ1) is 13.8.